The van der Waals surface area contributed by atoms with E-state index in [1.165, 1.54) is 25.7 Å². The molecule has 2 saturated carbocycles. The third kappa shape index (κ3) is 1.86. The first-order valence-corrected chi connectivity index (χ1v) is 6.82. The highest BCUT2D eigenvalue weighted by Gasteiger charge is 2.39. The van der Waals surface area contributed by atoms with Gasteiger partial charge in [0.25, 0.3) is 0 Å². The molecule has 1 aromatic heterocycles. The Morgan fingerprint density at radius 1 is 1.33 bits per heavy atom. The highest BCUT2D eigenvalue weighted by atomic mass is 15.0. The maximum Gasteiger partial charge on any atom is 0.103 e. The minimum absolute atomic E-state index is 0.567. The number of nitrogens with one attached hydrogen (secondary N) is 1. The highest BCUT2D eigenvalue weighted by Crippen LogP contribution is 2.45. The number of hydrogen-bond donors (Lipinski definition) is 1. The largest absolute Gasteiger partial charge is 0.381 e. The number of pyridine rings is 1. The first-order chi connectivity index (χ1) is 8.67. The second-order valence-corrected chi connectivity index (χ2v) is 5.81. The molecule has 3 rings (SSSR count). The Morgan fingerprint density at radius 2 is 2.17 bits per heavy atom. The van der Waals surface area contributed by atoms with Crippen LogP contribution >= 0.6 is 0 Å². The van der Waals surface area contributed by atoms with Crippen molar-refractivity contribution >= 4 is 5.69 Å². The second-order valence-electron chi connectivity index (χ2n) is 5.81. The van der Waals surface area contributed by atoms with Gasteiger partial charge in [0, 0.05) is 11.7 Å². The molecular formula is C15H19N3. The van der Waals surface area contributed by atoms with Gasteiger partial charge in [-0.05, 0) is 51.0 Å². The van der Waals surface area contributed by atoms with E-state index in [4.69, 9.17) is 0 Å². The van der Waals surface area contributed by atoms with Crippen LogP contribution in [0.1, 0.15) is 42.6 Å². The summed E-state index contributed by atoms with van der Waals surface area (Å²) in [4.78, 5) is 4.37. The van der Waals surface area contributed by atoms with E-state index in [0.29, 0.717) is 11.6 Å². The summed E-state index contributed by atoms with van der Waals surface area (Å²) in [7, 11) is 0. The first-order valence-electron chi connectivity index (χ1n) is 6.82. The van der Waals surface area contributed by atoms with E-state index in [1.54, 1.807) is 0 Å². The van der Waals surface area contributed by atoms with Crippen molar-refractivity contribution in [2.45, 2.75) is 45.6 Å². The predicted molar refractivity (Wildman–Crippen MR) is 71.3 cm³/mol. The standard InChI is InChI=1S/C15H19N3/c1-9-5-15(13(8-16)10(2)17-9)18-14-7-11-3-4-12(14)6-11/h5,11-12,14H,3-4,6-7H2,1-2H3,(H,17,18). The summed E-state index contributed by atoms with van der Waals surface area (Å²) in [6, 6.07) is 4.86. The summed E-state index contributed by atoms with van der Waals surface area (Å²) in [5, 5.41) is 12.9. The molecule has 0 aliphatic heterocycles. The van der Waals surface area contributed by atoms with Crippen LogP contribution in [-0.2, 0) is 0 Å². The summed E-state index contributed by atoms with van der Waals surface area (Å²) in [5.41, 5.74) is 3.52. The van der Waals surface area contributed by atoms with Gasteiger partial charge in [-0.3, -0.25) is 4.98 Å². The molecule has 18 heavy (non-hydrogen) atoms. The normalized spacial score (nSPS) is 29.3. The summed E-state index contributed by atoms with van der Waals surface area (Å²) in [6.45, 7) is 3.90. The van der Waals surface area contributed by atoms with Crippen LogP contribution in [-0.4, -0.2) is 11.0 Å². The fourth-order valence-corrected chi connectivity index (χ4v) is 3.70. The Balaban J connectivity index is 1.86. The van der Waals surface area contributed by atoms with Gasteiger partial charge in [0.2, 0.25) is 0 Å². The Morgan fingerprint density at radius 3 is 2.78 bits per heavy atom. The maximum absolute atomic E-state index is 9.27. The van der Waals surface area contributed by atoms with Crippen LogP contribution in [0.3, 0.4) is 0 Å². The van der Waals surface area contributed by atoms with Crippen molar-refractivity contribution in [2.75, 3.05) is 5.32 Å². The van der Waals surface area contributed by atoms with Crippen molar-refractivity contribution in [3.8, 4) is 6.07 Å². The van der Waals surface area contributed by atoms with E-state index in [9.17, 15) is 5.26 Å². The van der Waals surface area contributed by atoms with Gasteiger partial charge < -0.3 is 5.32 Å². The topological polar surface area (TPSA) is 48.7 Å². The van der Waals surface area contributed by atoms with Gasteiger partial charge in [-0.1, -0.05) is 6.42 Å². The molecule has 3 nitrogen and oxygen atoms in total. The zero-order valence-corrected chi connectivity index (χ0v) is 11.0. The van der Waals surface area contributed by atoms with Gasteiger partial charge in [0.15, 0.2) is 0 Å². The molecule has 0 radical (unpaired) electrons. The fraction of sp³-hybridized carbons (Fsp3) is 0.600. The van der Waals surface area contributed by atoms with Crippen LogP contribution in [0.2, 0.25) is 0 Å². The van der Waals surface area contributed by atoms with Gasteiger partial charge in [-0.2, -0.15) is 5.26 Å². The number of rotatable bonds is 2. The highest BCUT2D eigenvalue weighted by molar-refractivity contribution is 5.60. The van der Waals surface area contributed by atoms with Crippen molar-refractivity contribution in [3.05, 3.63) is 23.0 Å². The zero-order valence-electron chi connectivity index (χ0n) is 11.0. The Kier molecular flexibility index (Phi) is 2.74. The lowest BCUT2D eigenvalue weighted by Crippen LogP contribution is -2.26. The molecule has 3 unspecified atom stereocenters. The third-order valence-corrected chi connectivity index (χ3v) is 4.52. The minimum Gasteiger partial charge on any atom is -0.381 e. The van der Waals surface area contributed by atoms with E-state index >= 15 is 0 Å². The van der Waals surface area contributed by atoms with Crippen LogP contribution in [0.5, 0.6) is 0 Å². The molecule has 0 spiro atoms. The zero-order chi connectivity index (χ0) is 12.7. The molecule has 2 bridgehead atoms. The lowest BCUT2D eigenvalue weighted by Gasteiger charge is -2.25. The SMILES string of the molecule is Cc1cc(NC2CC3CCC2C3)c(C#N)c(C)n1. The number of nitrogens with zero attached hydrogens (tertiary/aromatic N) is 2. The van der Waals surface area contributed by atoms with Gasteiger partial charge in [0.05, 0.1) is 16.9 Å². The van der Waals surface area contributed by atoms with Crippen LogP contribution < -0.4 is 5.32 Å². The van der Waals surface area contributed by atoms with Gasteiger partial charge in [-0.15, -0.1) is 0 Å². The smallest absolute Gasteiger partial charge is 0.103 e. The van der Waals surface area contributed by atoms with E-state index in [-0.39, 0.29) is 0 Å². The lowest BCUT2D eigenvalue weighted by molar-refractivity contribution is 0.439. The number of hydrogen-bond acceptors (Lipinski definition) is 3. The maximum atomic E-state index is 9.27. The lowest BCUT2D eigenvalue weighted by atomic mass is 9.95. The molecule has 3 heteroatoms. The second kappa shape index (κ2) is 4.28. The molecule has 0 amide bonds. The molecule has 3 atom stereocenters. The first kappa shape index (κ1) is 11.5. The van der Waals surface area contributed by atoms with E-state index < -0.39 is 0 Å². The molecule has 1 aromatic rings. The van der Waals surface area contributed by atoms with Gasteiger partial charge >= 0.3 is 0 Å². The van der Waals surface area contributed by atoms with Crippen molar-refractivity contribution in [2.24, 2.45) is 11.8 Å². The quantitative estimate of drug-likeness (QED) is 0.865. The fourth-order valence-electron chi connectivity index (χ4n) is 3.70. The average molecular weight is 241 g/mol. The van der Waals surface area contributed by atoms with Gasteiger partial charge in [-0.25, -0.2) is 0 Å². The molecule has 0 aromatic carbocycles. The van der Waals surface area contributed by atoms with Crippen LogP contribution in [0.25, 0.3) is 0 Å². The Bertz CT molecular complexity index is 515. The number of aromatic nitrogens is 1. The number of fused-ring (bicyclic) bond motifs is 2. The van der Waals surface area contributed by atoms with E-state index in [2.05, 4.69) is 16.4 Å². The third-order valence-electron chi connectivity index (χ3n) is 4.52. The molecule has 1 N–H and O–H groups in total. The molecule has 1 heterocycles. The van der Waals surface area contributed by atoms with Crippen LogP contribution in [0, 0.1) is 37.0 Å². The molecule has 2 aliphatic carbocycles. The Hall–Kier alpha value is -1.56. The summed E-state index contributed by atoms with van der Waals surface area (Å²) in [6.07, 6.45) is 5.41. The number of aryl methyl sites for hydroxylation is 2. The molecule has 2 fully saturated rings. The summed E-state index contributed by atoms with van der Waals surface area (Å²) < 4.78 is 0. The average Bonchev–Trinajstić information content (AvgIpc) is 2.90. The molecule has 2 aliphatic rings. The minimum atomic E-state index is 0.567. The predicted octanol–water partition coefficient (Wildman–Crippen LogP) is 3.17. The van der Waals surface area contributed by atoms with Crippen LogP contribution in [0.15, 0.2) is 6.07 Å². The molecule has 0 saturated heterocycles. The van der Waals surface area contributed by atoms with Gasteiger partial charge in [0.1, 0.15) is 6.07 Å². The number of nitriles is 1. The monoisotopic (exact) mass is 241 g/mol. The van der Waals surface area contributed by atoms with Crippen molar-refractivity contribution < 1.29 is 0 Å². The van der Waals surface area contributed by atoms with Crippen molar-refractivity contribution in [1.82, 2.24) is 4.98 Å². The van der Waals surface area contributed by atoms with Crippen molar-refractivity contribution in [1.29, 1.82) is 5.26 Å². The number of anilines is 1. The van der Waals surface area contributed by atoms with E-state index in [1.807, 2.05) is 19.9 Å². The molecular weight excluding hydrogens is 222 g/mol. The Labute approximate surface area is 108 Å². The van der Waals surface area contributed by atoms with Crippen molar-refractivity contribution in [3.63, 3.8) is 0 Å². The summed E-state index contributed by atoms with van der Waals surface area (Å²) in [5.74, 6) is 1.73. The van der Waals surface area contributed by atoms with Crippen LogP contribution in [0.4, 0.5) is 5.69 Å². The summed E-state index contributed by atoms with van der Waals surface area (Å²) >= 11 is 0. The molecule has 94 valence electrons. The van der Waals surface area contributed by atoms with E-state index in [0.717, 1.165) is 28.9 Å².